The van der Waals surface area contributed by atoms with Crippen LogP contribution in [0.3, 0.4) is 0 Å². The predicted molar refractivity (Wildman–Crippen MR) is 47.9 cm³/mol. The summed E-state index contributed by atoms with van der Waals surface area (Å²) in [5.41, 5.74) is 2.50. The molecule has 0 unspecified atom stereocenters. The number of nitrogens with two attached hydrogens (primary N) is 1. The third kappa shape index (κ3) is 2.66. The molecule has 0 aromatic carbocycles. The van der Waals surface area contributed by atoms with E-state index in [1.165, 1.54) is 6.08 Å². The first-order valence-corrected chi connectivity index (χ1v) is 3.98. The second kappa shape index (κ2) is 4.26. The standard InChI is InChI=1S/C8H8F3N3O/c9-8(10,11)6-5(2-1-3-12)7(15)14-4-13-6/h1-2,4H,3,12H2,(H,13,14,15). The summed E-state index contributed by atoms with van der Waals surface area (Å²) in [6, 6.07) is 0. The molecular formula is C8H8F3N3O. The number of H-pyrrole nitrogens is 1. The summed E-state index contributed by atoms with van der Waals surface area (Å²) in [6.07, 6.45) is -1.68. The lowest BCUT2D eigenvalue weighted by molar-refractivity contribution is -0.141. The van der Waals surface area contributed by atoms with E-state index in [9.17, 15) is 18.0 Å². The number of aromatic amines is 1. The van der Waals surface area contributed by atoms with Crippen LogP contribution in [-0.4, -0.2) is 16.5 Å². The van der Waals surface area contributed by atoms with Gasteiger partial charge in [0.25, 0.3) is 5.56 Å². The molecule has 0 fully saturated rings. The molecule has 0 amide bonds. The van der Waals surface area contributed by atoms with Crippen LogP contribution in [0.5, 0.6) is 0 Å². The Morgan fingerprint density at radius 1 is 1.53 bits per heavy atom. The highest BCUT2D eigenvalue weighted by atomic mass is 19.4. The van der Waals surface area contributed by atoms with Crippen molar-refractivity contribution >= 4 is 6.08 Å². The molecule has 82 valence electrons. The molecule has 0 aliphatic carbocycles. The molecule has 0 saturated carbocycles. The normalized spacial score (nSPS) is 12.3. The Morgan fingerprint density at radius 2 is 2.20 bits per heavy atom. The van der Waals surface area contributed by atoms with Gasteiger partial charge in [-0.25, -0.2) is 4.98 Å². The summed E-state index contributed by atoms with van der Waals surface area (Å²) in [5, 5.41) is 0. The molecule has 7 heteroatoms. The summed E-state index contributed by atoms with van der Waals surface area (Å²) in [7, 11) is 0. The Hall–Kier alpha value is -1.63. The van der Waals surface area contributed by atoms with Crippen molar-refractivity contribution < 1.29 is 13.2 Å². The molecule has 0 saturated heterocycles. The van der Waals surface area contributed by atoms with E-state index in [0.717, 1.165) is 6.08 Å². The second-order valence-corrected chi connectivity index (χ2v) is 2.63. The fourth-order valence-electron chi connectivity index (χ4n) is 0.977. The SMILES string of the molecule is NCC=Cc1c(C(F)(F)F)nc[nH]c1=O. The van der Waals surface area contributed by atoms with E-state index >= 15 is 0 Å². The number of alkyl halides is 3. The lowest BCUT2D eigenvalue weighted by Crippen LogP contribution is -2.20. The largest absolute Gasteiger partial charge is 0.434 e. The van der Waals surface area contributed by atoms with Gasteiger partial charge < -0.3 is 10.7 Å². The molecule has 1 heterocycles. The van der Waals surface area contributed by atoms with E-state index in [0.29, 0.717) is 6.33 Å². The van der Waals surface area contributed by atoms with Crippen LogP contribution in [0.2, 0.25) is 0 Å². The molecule has 0 atom stereocenters. The molecule has 15 heavy (non-hydrogen) atoms. The van der Waals surface area contributed by atoms with Gasteiger partial charge in [0.05, 0.1) is 11.9 Å². The first-order valence-electron chi connectivity index (χ1n) is 3.98. The lowest BCUT2D eigenvalue weighted by atomic mass is 10.2. The Morgan fingerprint density at radius 3 is 2.73 bits per heavy atom. The van der Waals surface area contributed by atoms with E-state index in [1.807, 2.05) is 0 Å². The van der Waals surface area contributed by atoms with E-state index in [2.05, 4.69) is 9.97 Å². The minimum absolute atomic E-state index is 0.0473. The molecule has 1 rings (SSSR count). The van der Waals surface area contributed by atoms with E-state index in [4.69, 9.17) is 5.73 Å². The number of halogens is 3. The van der Waals surface area contributed by atoms with Crippen LogP contribution in [0, 0.1) is 0 Å². The fourth-order valence-corrected chi connectivity index (χ4v) is 0.977. The molecule has 4 nitrogen and oxygen atoms in total. The first kappa shape index (κ1) is 11.4. The number of aromatic nitrogens is 2. The molecule has 0 bridgehead atoms. The fraction of sp³-hybridized carbons (Fsp3) is 0.250. The molecule has 1 aromatic heterocycles. The van der Waals surface area contributed by atoms with E-state index < -0.39 is 23.0 Å². The van der Waals surface area contributed by atoms with E-state index in [1.54, 1.807) is 0 Å². The minimum atomic E-state index is -4.65. The predicted octanol–water partition coefficient (Wildman–Crippen LogP) is 0.761. The second-order valence-electron chi connectivity index (χ2n) is 2.63. The smallest absolute Gasteiger partial charge is 0.327 e. The Bertz CT molecular complexity index is 422. The number of rotatable bonds is 2. The zero-order valence-corrected chi connectivity index (χ0v) is 7.51. The average molecular weight is 219 g/mol. The summed E-state index contributed by atoms with van der Waals surface area (Å²) < 4.78 is 37.1. The third-order valence-corrected chi connectivity index (χ3v) is 1.58. The van der Waals surface area contributed by atoms with Crippen molar-refractivity contribution in [1.82, 2.24) is 9.97 Å². The van der Waals surface area contributed by atoms with Gasteiger partial charge in [0.1, 0.15) is 0 Å². The van der Waals surface area contributed by atoms with Crippen molar-refractivity contribution in [1.29, 1.82) is 0 Å². The molecular weight excluding hydrogens is 211 g/mol. The topological polar surface area (TPSA) is 71.8 Å². The van der Waals surface area contributed by atoms with Crippen LogP contribution in [-0.2, 0) is 6.18 Å². The van der Waals surface area contributed by atoms with Gasteiger partial charge >= 0.3 is 6.18 Å². The first-order chi connectivity index (χ1) is 6.96. The van der Waals surface area contributed by atoms with Crippen LogP contribution >= 0.6 is 0 Å². The quantitative estimate of drug-likeness (QED) is 0.771. The molecule has 1 aromatic rings. The van der Waals surface area contributed by atoms with Crippen LogP contribution in [0.4, 0.5) is 13.2 Å². The van der Waals surface area contributed by atoms with Crippen molar-refractivity contribution in [3.63, 3.8) is 0 Å². The average Bonchev–Trinajstić information content (AvgIpc) is 2.14. The third-order valence-electron chi connectivity index (χ3n) is 1.58. The van der Waals surface area contributed by atoms with Crippen molar-refractivity contribution in [3.8, 4) is 0 Å². The highest BCUT2D eigenvalue weighted by Crippen LogP contribution is 2.28. The zero-order chi connectivity index (χ0) is 11.5. The number of nitrogens with one attached hydrogen (secondary N) is 1. The Labute approximate surface area is 82.6 Å². The molecule has 0 spiro atoms. The van der Waals surface area contributed by atoms with Crippen LogP contribution in [0.25, 0.3) is 6.08 Å². The molecule has 3 N–H and O–H groups in total. The number of hydrogen-bond donors (Lipinski definition) is 2. The van der Waals surface area contributed by atoms with Crippen LogP contribution < -0.4 is 11.3 Å². The van der Waals surface area contributed by atoms with Gasteiger partial charge in [-0.2, -0.15) is 13.2 Å². The van der Waals surface area contributed by atoms with Crippen LogP contribution in [0.1, 0.15) is 11.3 Å². The van der Waals surface area contributed by atoms with Gasteiger partial charge in [0.15, 0.2) is 5.69 Å². The maximum absolute atomic E-state index is 12.4. The highest BCUT2D eigenvalue weighted by molar-refractivity contribution is 5.51. The van der Waals surface area contributed by atoms with Gasteiger partial charge in [0.2, 0.25) is 0 Å². The Kier molecular flexibility index (Phi) is 3.25. The summed E-state index contributed by atoms with van der Waals surface area (Å²) in [5.74, 6) is 0. The minimum Gasteiger partial charge on any atom is -0.327 e. The number of hydrogen-bond acceptors (Lipinski definition) is 3. The molecule has 0 radical (unpaired) electrons. The summed E-state index contributed by atoms with van der Waals surface area (Å²) >= 11 is 0. The molecule has 0 aliphatic rings. The van der Waals surface area contributed by atoms with Gasteiger partial charge in [0, 0.05) is 6.54 Å². The Balaban J connectivity index is 3.34. The maximum atomic E-state index is 12.4. The van der Waals surface area contributed by atoms with E-state index in [-0.39, 0.29) is 6.54 Å². The highest BCUT2D eigenvalue weighted by Gasteiger charge is 2.35. The maximum Gasteiger partial charge on any atom is 0.434 e. The zero-order valence-electron chi connectivity index (χ0n) is 7.51. The monoisotopic (exact) mass is 219 g/mol. The van der Waals surface area contributed by atoms with Crippen molar-refractivity contribution in [2.24, 2.45) is 5.73 Å². The lowest BCUT2D eigenvalue weighted by Gasteiger charge is -2.07. The van der Waals surface area contributed by atoms with Gasteiger partial charge in [-0.3, -0.25) is 4.79 Å². The van der Waals surface area contributed by atoms with Crippen molar-refractivity contribution in [3.05, 3.63) is 34.0 Å². The van der Waals surface area contributed by atoms with Gasteiger partial charge in [-0.15, -0.1) is 0 Å². The number of nitrogens with zero attached hydrogens (tertiary/aromatic N) is 1. The van der Waals surface area contributed by atoms with Crippen LogP contribution in [0.15, 0.2) is 17.2 Å². The van der Waals surface area contributed by atoms with Crippen molar-refractivity contribution in [2.45, 2.75) is 6.18 Å². The summed E-state index contributed by atoms with van der Waals surface area (Å²) in [6.45, 7) is 0.0473. The molecule has 0 aliphatic heterocycles. The van der Waals surface area contributed by atoms with Crippen molar-refractivity contribution in [2.75, 3.05) is 6.54 Å². The summed E-state index contributed by atoms with van der Waals surface area (Å²) in [4.78, 5) is 16.3. The van der Waals surface area contributed by atoms with Gasteiger partial charge in [-0.05, 0) is 6.08 Å². The van der Waals surface area contributed by atoms with Gasteiger partial charge in [-0.1, -0.05) is 6.08 Å².